The van der Waals surface area contributed by atoms with Crippen molar-refractivity contribution in [2.24, 2.45) is 5.41 Å². The molecule has 27 heavy (non-hydrogen) atoms. The average Bonchev–Trinajstić information content (AvgIpc) is 3.21. The van der Waals surface area contributed by atoms with Crippen molar-refractivity contribution in [2.75, 3.05) is 0 Å². The Kier molecular flexibility index (Phi) is 4.52. The van der Waals surface area contributed by atoms with Crippen LogP contribution in [0.5, 0.6) is 0 Å². The highest BCUT2D eigenvalue weighted by Gasteiger charge is 2.37. The first kappa shape index (κ1) is 18.1. The summed E-state index contributed by atoms with van der Waals surface area (Å²) in [6.07, 6.45) is 4.31. The highest BCUT2D eigenvalue weighted by molar-refractivity contribution is 5.82. The molecule has 3 N–H and O–H groups in total. The predicted octanol–water partition coefficient (Wildman–Crippen LogP) is 2.40. The van der Waals surface area contributed by atoms with E-state index in [-0.39, 0.29) is 35.3 Å². The summed E-state index contributed by atoms with van der Waals surface area (Å²) in [6.45, 7) is 6.46. The maximum Gasteiger partial charge on any atom is 0.239 e. The molecule has 0 saturated carbocycles. The summed E-state index contributed by atoms with van der Waals surface area (Å²) < 4.78 is 15.2. The fourth-order valence-corrected chi connectivity index (χ4v) is 4.14. The molecule has 1 aliphatic carbocycles. The second-order valence-corrected chi connectivity index (χ2v) is 8.52. The van der Waals surface area contributed by atoms with Crippen LogP contribution in [-0.4, -0.2) is 27.8 Å². The van der Waals surface area contributed by atoms with Crippen molar-refractivity contribution in [1.82, 2.24) is 25.9 Å². The first-order chi connectivity index (χ1) is 12.8. The van der Waals surface area contributed by atoms with Crippen molar-refractivity contribution in [3.63, 3.8) is 0 Å². The van der Waals surface area contributed by atoms with E-state index in [0.717, 1.165) is 36.2 Å². The molecule has 6 nitrogen and oxygen atoms in total. The number of hydrazine groups is 1. The molecule has 2 heterocycles. The molecule has 1 aliphatic heterocycles. The number of carbonyl (C=O) groups is 1. The average molecular weight is 371 g/mol. The van der Waals surface area contributed by atoms with Crippen molar-refractivity contribution >= 4 is 5.91 Å². The van der Waals surface area contributed by atoms with Gasteiger partial charge in [-0.05, 0) is 55.9 Å². The normalized spacial score (nSPS) is 26.6. The van der Waals surface area contributed by atoms with E-state index in [9.17, 15) is 9.18 Å². The number of nitrogens with zero attached hydrogens (tertiary/aromatic N) is 2. The molecule has 3 atom stereocenters. The number of hydrogen-bond donors (Lipinski definition) is 3. The number of benzene rings is 1. The van der Waals surface area contributed by atoms with Crippen LogP contribution in [0.1, 0.15) is 50.9 Å². The Morgan fingerprint density at radius 3 is 2.70 bits per heavy atom. The summed E-state index contributed by atoms with van der Waals surface area (Å²) in [5, 5.41) is 7.76. The number of carbonyl (C=O) groups excluding carboxylic acids is 1. The van der Waals surface area contributed by atoms with E-state index < -0.39 is 0 Å². The lowest BCUT2D eigenvalue weighted by atomic mass is 9.74. The first-order valence-corrected chi connectivity index (χ1v) is 9.46. The quantitative estimate of drug-likeness (QED) is 0.775. The number of halogens is 1. The van der Waals surface area contributed by atoms with Gasteiger partial charge in [0, 0.05) is 11.6 Å². The lowest BCUT2D eigenvalue weighted by Crippen LogP contribution is -2.46. The van der Waals surface area contributed by atoms with Crippen LogP contribution in [0.2, 0.25) is 0 Å². The van der Waals surface area contributed by atoms with E-state index in [0.29, 0.717) is 0 Å². The standard InChI is InChI=1S/C20H26FN5O/c1-12-8-16(25-24-12)19(27)23-17-9-20(2,3)10-18-15(17)11-22-26(18)14-6-4-13(21)5-7-14/h4-7,11-12,16-17,24-25H,8-10H2,1-3H3,(H,23,27). The summed E-state index contributed by atoms with van der Waals surface area (Å²) in [5.74, 6) is -0.257. The second-order valence-electron chi connectivity index (χ2n) is 8.52. The Bertz CT molecular complexity index is 845. The fraction of sp³-hybridized carbons (Fsp3) is 0.500. The largest absolute Gasteiger partial charge is 0.348 e. The molecule has 1 saturated heterocycles. The third-order valence-corrected chi connectivity index (χ3v) is 5.48. The molecule has 1 aromatic heterocycles. The summed E-state index contributed by atoms with van der Waals surface area (Å²) in [7, 11) is 0. The number of rotatable bonds is 3. The molecule has 2 aromatic rings. The van der Waals surface area contributed by atoms with Gasteiger partial charge in [0.05, 0.1) is 23.6 Å². The monoisotopic (exact) mass is 371 g/mol. The maximum absolute atomic E-state index is 13.3. The van der Waals surface area contributed by atoms with E-state index in [4.69, 9.17) is 0 Å². The van der Waals surface area contributed by atoms with Gasteiger partial charge < -0.3 is 5.32 Å². The Labute approximate surface area is 158 Å². The number of nitrogens with one attached hydrogen (secondary N) is 3. The van der Waals surface area contributed by atoms with Crippen molar-refractivity contribution in [2.45, 2.75) is 58.2 Å². The van der Waals surface area contributed by atoms with E-state index in [1.165, 1.54) is 12.1 Å². The van der Waals surface area contributed by atoms with Gasteiger partial charge in [0.25, 0.3) is 0 Å². The lowest BCUT2D eigenvalue weighted by Gasteiger charge is -2.36. The van der Waals surface area contributed by atoms with Crippen LogP contribution in [0.15, 0.2) is 30.5 Å². The van der Waals surface area contributed by atoms with Crippen molar-refractivity contribution in [1.29, 1.82) is 0 Å². The van der Waals surface area contributed by atoms with E-state index in [2.05, 4.69) is 42.0 Å². The zero-order valence-corrected chi connectivity index (χ0v) is 15.9. The van der Waals surface area contributed by atoms with Gasteiger partial charge in [-0.2, -0.15) is 5.10 Å². The van der Waals surface area contributed by atoms with Crippen molar-refractivity contribution in [3.8, 4) is 5.69 Å². The number of fused-ring (bicyclic) bond motifs is 1. The van der Waals surface area contributed by atoms with Gasteiger partial charge in [0.1, 0.15) is 11.9 Å². The van der Waals surface area contributed by atoms with Gasteiger partial charge in [-0.1, -0.05) is 13.8 Å². The van der Waals surface area contributed by atoms with E-state index in [1.54, 1.807) is 12.1 Å². The fourth-order valence-electron chi connectivity index (χ4n) is 4.14. The van der Waals surface area contributed by atoms with Crippen LogP contribution in [0, 0.1) is 11.2 Å². The van der Waals surface area contributed by atoms with Gasteiger partial charge in [0.2, 0.25) is 5.91 Å². The minimum absolute atomic E-state index is 0.00929. The van der Waals surface area contributed by atoms with Crippen LogP contribution in [-0.2, 0) is 11.2 Å². The van der Waals surface area contributed by atoms with Crippen LogP contribution in [0.4, 0.5) is 4.39 Å². The Hall–Kier alpha value is -2.25. The smallest absolute Gasteiger partial charge is 0.239 e. The predicted molar refractivity (Wildman–Crippen MR) is 101 cm³/mol. The van der Waals surface area contributed by atoms with Crippen LogP contribution in [0.25, 0.3) is 5.69 Å². The lowest BCUT2D eigenvalue weighted by molar-refractivity contribution is -0.123. The molecule has 4 rings (SSSR count). The SMILES string of the molecule is CC1CC(C(=O)NC2CC(C)(C)Cc3c2cnn3-c2ccc(F)cc2)NN1. The van der Waals surface area contributed by atoms with Crippen molar-refractivity contribution in [3.05, 3.63) is 47.5 Å². The zero-order valence-electron chi connectivity index (χ0n) is 15.9. The van der Waals surface area contributed by atoms with Crippen molar-refractivity contribution < 1.29 is 9.18 Å². The molecule has 0 bridgehead atoms. The summed E-state index contributed by atoms with van der Waals surface area (Å²) in [4.78, 5) is 12.7. The van der Waals surface area contributed by atoms with Gasteiger partial charge in [-0.3, -0.25) is 10.2 Å². The molecular weight excluding hydrogens is 345 g/mol. The molecule has 3 unspecified atom stereocenters. The molecule has 0 spiro atoms. The minimum atomic E-state index is -0.267. The minimum Gasteiger partial charge on any atom is -0.348 e. The number of hydrogen-bond acceptors (Lipinski definition) is 4. The third kappa shape index (κ3) is 3.61. The molecule has 1 fully saturated rings. The maximum atomic E-state index is 13.3. The van der Waals surface area contributed by atoms with Gasteiger partial charge >= 0.3 is 0 Å². The van der Waals surface area contributed by atoms with Crippen LogP contribution >= 0.6 is 0 Å². The second kappa shape index (κ2) is 6.73. The summed E-state index contributed by atoms with van der Waals surface area (Å²) >= 11 is 0. The van der Waals surface area contributed by atoms with E-state index >= 15 is 0 Å². The Morgan fingerprint density at radius 1 is 1.30 bits per heavy atom. The first-order valence-electron chi connectivity index (χ1n) is 9.46. The molecule has 0 radical (unpaired) electrons. The number of amides is 1. The van der Waals surface area contributed by atoms with Gasteiger partial charge in [-0.25, -0.2) is 14.5 Å². The van der Waals surface area contributed by atoms with Gasteiger partial charge in [0.15, 0.2) is 0 Å². The Morgan fingerprint density at radius 2 is 2.04 bits per heavy atom. The molecule has 1 aromatic carbocycles. The van der Waals surface area contributed by atoms with E-state index in [1.807, 2.05) is 10.9 Å². The molecule has 2 aliphatic rings. The molecule has 7 heteroatoms. The third-order valence-electron chi connectivity index (χ3n) is 5.48. The molecule has 1 amide bonds. The molecule has 144 valence electrons. The summed E-state index contributed by atoms with van der Waals surface area (Å²) in [6, 6.07) is 6.32. The topological polar surface area (TPSA) is 71.0 Å². The van der Waals surface area contributed by atoms with Gasteiger partial charge in [-0.15, -0.1) is 0 Å². The number of aromatic nitrogens is 2. The highest BCUT2D eigenvalue weighted by Crippen LogP contribution is 2.41. The highest BCUT2D eigenvalue weighted by atomic mass is 19.1. The summed E-state index contributed by atoms with van der Waals surface area (Å²) in [5.41, 5.74) is 9.13. The zero-order chi connectivity index (χ0) is 19.2. The Balaban J connectivity index is 1.62. The molecular formula is C20H26FN5O. The van der Waals surface area contributed by atoms with Crippen LogP contribution < -0.4 is 16.2 Å². The van der Waals surface area contributed by atoms with Crippen LogP contribution in [0.3, 0.4) is 0 Å².